The number of ether oxygens (including phenoxy) is 1. The van der Waals surface area contributed by atoms with Crippen molar-refractivity contribution >= 4 is 0 Å². The van der Waals surface area contributed by atoms with Gasteiger partial charge in [0, 0.05) is 12.0 Å². The van der Waals surface area contributed by atoms with E-state index in [4.69, 9.17) is 4.74 Å². The van der Waals surface area contributed by atoms with Gasteiger partial charge in [-0.05, 0) is 17.7 Å². The van der Waals surface area contributed by atoms with E-state index in [0.29, 0.717) is 0 Å². The van der Waals surface area contributed by atoms with Crippen molar-refractivity contribution in [2.75, 3.05) is 13.7 Å². The Balaban J connectivity index is 1.75. The highest BCUT2D eigenvalue weighted by atomic mass is 16.5. The number of methoxy groups -OCH3 is 1. The molecule has 0 spiro atoms. The third-order valence-corrected chi connectivity index (χ3v) is 2.99. The fourth-order valence-electron chi connectivity index (χ4n) is 1.98. The molecule has 0 radical (unpaired) electrons. The molecule has 0 saturated heterocycles. The van der Waals surface area contributed by atoms with Gasteiger partial charge in [0.15, 0.2) is 0 Å². The maximum atomic E-state index is 5.22. The number of hydrogen-bond acceptors (Lipinski definition) is 1. The molecule has 0 heterocycles. The lowest BCUT2D eigenvalue weighted by Crippen LogP contribution is -2.83. The first-order valence-electron chi connectivity index (χ1n) is 6.37. The topological polar surface area (TPSA) is 25.8 Å². The molecule has 2 heteroatoms. The van der Waals surface area contributed by atoms with E-state index in [2.05, 4.69) is 47.8 Å². The lowest BCUT2D eigenvalue weighted by atomic mass is 10.1. The van der Waals surface area contributed by atoms with Crippen molar-refractivity contribution in [3.05, 3.63) is 65.7 Å². The molecule has 0 saturated carbocycles. The van der Waals surface area contributed by atoms with Crippen molar-refractivity contribution in [2.24, 2.45) is 0 Å². The first-order valence-corrected chi connectivity index (χ1v) is 6.37. The van der Waals surface area contributed by atoms with E-state index in [0.717, 1.165) is 25.3 Å². The fraction of sp³-hybridized carbons (Fsp3) is 0.250. The summed E-state index contributed by atoms with van der Waals surface area (Å²) < 4.78 is 5.22. The Hall–Kier alpha value is -1.80. The second-order valence-electron chi connectivity index (χ2n) is 4.37. The van der Waals surface area contributed by atoms with Crippen LogP contribution in [0.1, 0.15) is 11.1 Å². The van der Waals surface area contributed by atoms with Crippen LogP contribution in [0.25, 0.3) is 0 Å². The molecule has 0 aliphatic carbocycles. The summed E-state index contributed by atoms with van der Waals surface area (Å²) in [4.78, 5) is 0. The number of benzene rings is 2. The Labute approximate surface area is 109 Å². The monoisotopic (exact) mass is 242 g/mol. The van der Waals surface area contributed by atoms with Gasteiger partial charge in [-0.3, -0.25) is 0 Å². The molecular weight excluding hydrogens is 222 g/mol. The summed E-state index contributed by atoms with van der Waals surface area (Å²) in [7, 11) is 1.71. The summed E-state index contributed by atoms with van der Waals surface area (Å²) in [6, 6.07) is 18.9. The second-order valence-corrected chi connectivity index (χ2v) is 4.37. The highest BCUT2D eigenvalue weighted by molar-refractivity contribution is 5.27. The first-order chi connectivity index (χ1) is 8.88. The van der Waals surface area contributed by atoms with Crippen molar-refractivity contribution in [3.63, 3.8) is 0 Å². The molecule has 0 atom stereocenters. The van der Waals surface area contributed by atoms with E-state index < -0.39 is 0 Å². The van der Waals surface area contributed by atoms with Gasteiger partial charge in [0.1, 0.15) is 12.3 Å². The van der Waals surface area contributed by atoms with Gasteiger partial charge in [-0.25, -0.2) is 0 Å². The first kappa shape index (κ1) is 12.7. The van der Waals surface area contributed by atoms with E-state index in [9.17, 15) is 0 Å². The third-order valence-electron chi connectivity index (χ3n) is 2.99. The average molecular weight is 242 g/mol. The van der Waals surface area contributed by atoms with Gasteiger partial charge >= 0.3 is 0 Å². The Kier molecular flexibility index (Phi) is 4.79. The van der Waals surface area contributed by atoms with Crippen LogP contribution in [0.2, 0.25) is 0 Å². The molecule has 0 amide bonds. The quantitative estimate of drug-likeness (QED) is 0.770. The third kappa shape index (κ3) is 3.90. The van der Waals surface area contributed by atoms with Gasteiger partial charge in [-0.2, -0.15) is 0 Å². The van der Waals surface area contributed by atoms with Crippen molar-refractivity contribution in [1.82, 2.24) is 0 Å². The number of quaternary nitrogens is 1. The number of nitrogens with two attached hydrogens (primary N) is 1. The van der Waals surface area contributed by atoms with Crippen LogP contribution in [-0.4, -0.2) is 13.7 Å². The molecule has 2 nitrogen and oxygen atoms in total. The summed E-state index contributed by atoms with van der Waals surface area (Å²) >= 11 is 0. The van der Waals surface area contributed by atoms with Crippen LogP contribution in [0.4, 0.5) is 0 Å². The standard InChI is InChI=1S/C16H19NO/c1-18-16-9-5-8-15(12-16)13-17-11-10-14-6-3-2-4-7-14/h2-9,12,17H,10-11,13H2,1H3/p+1. The van der Waals surface area contributed by atoms with Crippen LogP contribution in [0.5, 0.6) is 5.75 Å². The van der Waals surface area contributed by atoms with Crippen LogP contribution in [0.15, 0.2) is 54.6 Å². The highest BCUT2D eigenvalue weighted by Crippen LogP contribution is 2.11. The maximum Gasteiger partial charge on any atom is 0.119 e. The van der Waals surface area contributed by atoms with Crippen LogP contribution in [-0.2, 0) is 13.0 Å². The second kappa shape index (κ2) is 6.82. The SMILES string of the molecule is COc1cccc(C[NH2+]CCc2ccccc2)c1. The van der Waals surface area contributed by atoms with Crippen LogP contribution < -0.4 is 10.1 Å². The summed E-state index contributed by atoms with van der Waals surface area (Å²) in [5.74, 6) is 0.934. The van der Waals surface area contributed by atoms with E-state index in [1.54, 1.807) is 7.11 Å². The smallest absolute Gasteiger partial charge is 0.119 e. The normalized spacial score (nSPS) is 10.3. The fourth-order valence-corrected chi connectivity index (χ4v) is 1.98. The van der Waals surface area contributed by atoms with Crippen molar-refractivity contribution < 1.29 is 10.1 Å². The lowest BCUT2D eigenvalue weighted by Gasteiger charge is -2.04. The van der Waals surface area contributed by atoms with Crippen LogP contribution in [0.3, 0.4) is 0 Å². The van der Waals surface area contributed by atoms with Crippen molar-refractivity contribution in [2.45, 2.75) is 13.0 Å². The molecule has 0 bridgehead atoms. The van der Waals surface area contributed by atoms with Crippen LogP contribution in [0, 0.1) is 0 Å². The summed E-state index contributed by atoms with van der Waals surface area (Å²) in [5.41, 5.74) is 2.71. The van der Waals surface area contributed by atoms with E-state index >= 15 is 0 Å². The molecule has 0 aliphatic rings. The molecule has 0 unspecified atom stereocenters. The molecule has 94 valence electrons. The Morgan fingerprint density at radius 1 is 0.944 bits per heavy atom. The lowest BCUT2D eigenvalue weighted by molar-refractivity contribution is -0.670. The zero-order valence-corrected chi connectivity index (χ0v) is 10.8. The largest absolute Gasteiger partial charge is 0.497 e. The maximum absolute atomic E-state index is 5.22. The van der Waals surface area contributed by atoms with Gasteiger partial charge in [-0.1, -0.05) is 42.5 Å². The molecule has 2 aromatic rings. The number of hydrogen-bond donors (Lipinski definition) is 1. The van der Waals surface area contributed by atoms with Crippen LogP contribution >= 0.6 is 0 Å². The minimum atomic E-state index is 0.934. The Morgan fingerprint density at radius 3 is 2.50 bits per heavy atom. The number of rotatable bonds is 6. The van der Waals surface area contributed by atoms with E-state index in [-0.39, 0.29) is 0 Å². The predicted molar refractivity (Wildman–Crippen MR) is 73.6 cm³/mol. The summed E-state index contributed by atoms with van der Waals surface area (Å²) in [6.45, 7) is 2.12. The summed E-state index contributed by atoms with van der Waals surface area (Å²) in [6.07, 6.45) is 1.12. The zero-order chi connectivity index (χ0) is 12.6. The minimum absolute atomic E-state index is 0.934. The van der Waals surface area contributed by atoms with Crippen molar-refractivity contribution in [1.29, 1.82) is 0 Å². The Bertz CT molecular complexity index is 468. The van der Waals surface area contributed by atoms with Gasteiger partial charge < -0.3 is 10.1 Å². The molecular formula is C16H20NO+. The van der Waals surface area contributed by atoms with Gasteiger partial charge in [0.2, 0.25) is 0 Å². The average Bonchev–Trinajstić information content (AvgIpc) is 2.45. The molecule has 2 aromatic carbocycles. The van der Waals surface area contributed by atoms with E-state index in [1.807, 2.05) is 12.1 Å². The molecule has 2 rings (SSSR count). The van der Waals surface area contributed by atoms with E-state index in [1.165, 1.54) is 11.1 Å². The molecule has 2 N–H and O–H groups in total. The van der Waals surface area contributed by atoms with Gasteiger partial charge in [0.05, 0.1) is 13.7 Å². The highest BCUT2D eigenvalue weighted by Gasteiger charge is 1.98. The minimum Gasteiger partial charge on any atom is -0.497 e. The summed E-state index contributed by atoms with van der Waals surface area (Å²) in [5, 5.41) is 2.34. The predicted octanol–water partition coefficient (Wildman–Crippen LogP) is 2.00. The molecule has 0 fully saturated rings. The van der Waals surface area contributed by atoms with Gasteiger partial charge in [-0.15, -0.1) is 0 Å². The van der Waals surface area contributed by atoms with Crippen molar-refractivity contribution in [3.8, 4) is 5.75 Å². The molecule has 18 heavy (non-hydrogen) atoms. The molecule has 0 aromatic heterocycles. The molecule has 0 aliphatic heterocycles. The zero-order valence-electron chi connectivity index (χ0n) is 10.8. The van der Waals surface area contributed by atoms with Gasteiger partial charge in [0.25, 0.3) is 0 Å². The Morgan fingerprint density at radius 2 is 1.72 bits per heavy atom.